The van der Waals surface area contributed by atoms with E-state index in [2.05, 4.69) is 51.8 Å². The lowest BCUT2D eigenvalue weighted by Gasteiger charge is -2.24. The molecule has 1 aliphatic rings. The number of rotatable bonds is 6. The number of nitrogens with one attached hydrogen (secondary N) is 2. The molecule has 2 aromatic carbocycles. The molecule has 1 saturated heterocycles. The van der Waals surface area contributed by atoms with Crippen molar-refractivity contribution in [2.24, 2.45) is 0 Å². The molecule has 7 heteroatoms. The Kier molecular flexibility index (Phi) is 6.77. The van der Waals surface area contributed by atoms with Crippen LogP contribution in [-0.2, 0) is 0 Å². The van der Waals surface area contributed by atoms with Crippen LogP contribution in [0.4, 0.5) is 10.3 Å². The summed E-state index contributed by atoms with van der Waals surface area (Å²) in [5.41, 5.74) is 6.41. The van der Waals surface area contributed by atoms with E-state index in [4.69, 9.17) is 4.98 Å². The maximum atomic E-state index is 13.7. The zero-order chi connectivity index (χ0) is 24.2. The van der Waals surface area contributed by atoms with E-state index in [0.717, 1.165) is 59.6 Å². The van der Waals surface area contributed by atoms with Crippen LogP contribution in [0.25, 0.3) is 22.5 Å². The first-order valence-electron chi connectivity index (χ1n) is 12.1. The molecule has 178 valence electrons. The van der Waals surface area contributed by atoms with Crippen molar-refractivity contribution in [1.82, 2.24) is 25.5 Å². The van der Waals surface area contributed by atoms with Crippen LogP contribution < -0.4 is 10.6 Å². The molecule has 3 heterocycles. The summed E-state index contributed by atoms with van der Waals surface area (Å²) in [6, 6.07) is 18.5. The van der Waals surface area contributed by atoms with Crippen molar-refractivity contribution in [3.63, 3.8) is 0 Å². The molecule has 2 N–H and O–H groups in total. The molecule has 0 bridgehead atoms. The smallest absolute Gasteiger partial charge is 0.223 e. The number of hydrogen-bond acceptors (Lipinski definition) is 6. The topological polar surface area (TPSA) is 75.6 Å². The molecule has 0 saturated carbocycles. The van der Waals surface area contributed by atoms with E-state index >= 15 is 0 Å². The maximum absolute atomic E-state index is 13.7. The van der Waals surface area contributed by atoms with Gasteiger partial charge in [0.25, 0.3) is 0 Å². The lowest BCUT2D eigenvalue weighted by Crippen LogP contribution is -2.27. The predicted molar refractivity (Wildman–Crippen MR) is 137 cm³/mol. The molecule has 0 aliphatic carbocycles. The minimum atomic E-state index is -0.283. The highest BCUT2D eigenvalue weighted by molar-refractivity contribution is 5.81. The molecule has 4 aromatic rings. The van der Waals surface area contributed by atoms with E-state index in [1.165, 1.54) is 12.1 Å². The van der Waals surface area contributed by atoms with E-state index in [0.29, 0.717) is 17.6 Å². The zero-order valence-electron chi connectivity index (χ0n) is 20.0. The van der Waals surface area contributed by atoms with Gasteiger partial charge in [-0.2, -0.15) is 5.10 Å². The number of hydrogen-bond donors (Lipinski definition) is 2. The molecule has 1 unspecified atom stereocenters. The second-order valence-corrected chi connectivity index (χ2v) is 9.01. The lowest BCUT2D eigenvalue weighted by molar-refractivity contribution is 0.449. The molecular weight excluding hydrogens is 439 g/mol. The molecule has 6 nitrogen and oxygen atoms in total. The largest absolute Gasteiger partial charge is 0.348 e. The summed E-state index contributed by atoms with van der Waals surface area (Å²) < 4.78 is 13.7. The molecular formula is C28H29FN6. The number of anilines is 1. The van der Waals surface area contributed by atoms with E-state index in [9.17, 15) is 4.39 Å². The van der Waals surface area contributed by atoms with Gasteiger partial charge in [-0.15, -0.1) is 5.10 Å². The van der Waals surface area contributed by atoms with Crippen molar-refractivity contribution < 1.29 is 4.39 Å². The van der Waals surface area contributed by atoms with Crippen molar-refractivity contribution in [3.8, 4) is 22.5 Å². The average Bonchev–Trinajstić information content (AvgIpc) is 2.90. The van der Waals surface area contributed by atoms with Crippen LogP contribution in [0.5, 0.6) is 0 Å². The fourth-order valence-corrected chi connectivity index (χ4v) is 4.73. The molecule has 1 aliphatic heterocycles. The minimum absolute atomic E-state index is 0.0463. The molecule has 1 fully saturated rings. The van der Waals surface area contributed by atoms with Gasteiger partial charge >= 0.3 is 0 Å². The van der Waals surface area contributed by atoms with Crippen molar-refractivity contribution in [2.45, 2.75) is 38.6 Å². The van der Waals surface area contributed by atoms with Gasteiger partial charge in [-0.05, 0) is 81.2 Å². The summed E-state index contributed by atoms with van der Waals surface area (Å²) in [4.78, 5) is 9.35. The summed E-state index contributed by atoms with van der Waals surface area (Å²) in [7, 11) is 0. The third-order valence-corrected chi connectivity index (χ3v) is 6.65. The summed E-state index contributed by atoms with van der Waals surface area (Å²) in [5, 5.41) is 16.2. The zero-order valence-corrected chi connectivity index (χ0v) is 20.0. The van der Waals surface area contributed by atoms with Gasteiger partial charge in [-0.1, -0.05) is 30.3 Å². The van der Waals surface area contributed by atoms with Gasteiger partial charge < -0.3 is 10.6 Å². The Balaban J connectivity index is 1.57. The number of piperidine rings is 1. The summed E-state index contributed by atoms with van der Waals surface area (Å²) in [6.45, 7) is 6.12. The normalized spacial score (nSPS) is 15.1. The number of aromatic nitrogens is 4. The first-order valence-corrected chi connectivity index (χ1v) is 12.1. The molecule has 0 radical (unpaired) electrons. The average molecular weight is 469 g/mol. The van der Waals surface area contributed by atoms with Crippen molar-refractivity contribution in [2.75, 3.05) is 18.4 Å². The standard InChI is InChI=1S/C28H29FN6/c1-18-25(24-14-17-31-28(33-24)32-19(2)20-6-4-3-5-7-20)27(21-8-10-23(29)11-9-21)35-34-26(18)22-12-15-30-16-13-22/h3-11,14,17,19,22,30H,12-13,15-16H2,1-2H3,(H,31,32,33). The van der Waals surface area contributed by atoms with E-state index in [-0.39, 0.29) is 11.9 Å². The molecule has 35 heavy (non-hydrogen) atoms. The number of nitrogens with zero attached hydrogens (tertiary/aromatic N) is 4. The second-order valence-electron chi connectivity index (χ2n) is 9.01. The van der Waals surface area contributed by atoms with Gasteiger partial charge in [0.05, 0.1) is 17.4 Å². The molecule has 2 aromatic heterocycles. The quantitative estimate of drug-likeness (QED) is 0.379. The monoisotopic (exact) mass is 468 g/mol. The van der Waals surface area contributed by atoms with Crippen LogP contribution >= 0.6 is 0 Å². The molecule has 1 atom stereocenters. The van der Waals surface area contributed by atoms with E-state index in [1.54, 1.807) is 18.3 Å². The second kappa shape index (κ2) is 10.3. The summed E-state index contributed by atoms with van der Waals surface area (Å²) in [6.07, 6.45) is 3.81. The van der Waals surface area contributed by atoms with Crippen molar-refractivity contribution >= 4 is 5.95 Å². The summed E-state index contributed by atoms with van der Waals surface area (Å²) >= 11 is 0. The van der Waals surface area contributed by atoms with Crippen LogP contribution in [0.2, 0.25) is 0 Å². The SMILES string of the molecule is Cc1c(C2CCNCC2)nnc(-c2ccc(F)cc2)c1-c1ccnc(NC(C)c2ccccc2)n1. The van der Waals surface area contributed by atoms with Gasteiger partial charge in [-0.3, -0.25) is 0 Å². The van der Waals surface area contributed by atoms with Crippen LogP contribution in [0.1, 0.15) is 48.5 Å². The molecule has 0 spiro atoms. The van der Waals surface area contributed by atoms with Gasteiger partial charge in [0.2, 0.25) is 5.95 Å². The Morgan fingerprint density at radius 3 is 2.46 bits per heavy atom. The van der Waals surface area contributed by atoms with Gasteiger partial charge in [0.1, 0.15) is 11.5 Å². The van der Waals surface area contributed by atoms with Crippen LogP contribution in [-0.4, -0.2) is 33.3 Å². The lowest BCUT2D eigenvalue weighted by atomic mass is 9.88. The fourth-order valence-electron chi connectivity index (χ4n) is 4.73. The Hall–Kier alpha value is -3.71. The Morgan fingerprint density at radius 2 is 1.71 bits per heavy atom. The van der Waals surface area contributed by atoms with E-state index < -0.39 is 0 Å². The van der Waals surface area contributed by atoms with E-state index in [1.807, 2.05) is 24.3 Å². The van der Waals surface area contributed by atoms with Crippen LogP contribution in [0.3, 0.4) is 0 Å². The van der Waals surface area contributed by atoms with Gasteiger partial charge in [-0.25, -0.2) is 14.4 Å². The third-order valence-electron chi connectivity index (χ3n) is 6.65. The van der Waals surface area contributed by atoms with Crippen LogP contribution in [0, 0.1) is 12.7 Å². The molecule has 0 amide bonds. The highest BCUT2D eigenvalue weighted by Crippen LogP contribution is 2.37. The maximum Gasteiger partial charge on any atom is 0.223 e. The van der Waals surface area contributed by atoms with Crippen molar-refractivity contribution in [3.05, 3.63) is 89.5 Å². The number of benzene rings is 2. The van der Waals surface area contributed by atoms with Gasteiger partial charge in [0.15, 0.2) is 0 Å². The predicted octanol–water partition coefficient (Wildman–Crippen LogP) is 5.69. The highest BCUT2D eigenvalue weighted by atomic mass is 19.1. The first kappa shape index (κ1) is 23.1. The third kappa shape index (κ3) is 5.05. The fraction of sp³-hybridized carbons (Fsp3) is 0.286. The Morgan fingerprint density at radius 1 is 0.971 bits per heavy atom. The highest BCUT2D eigenvalue weighted by Gasteiger charge is 2.24. The van der Waals surface area contributed by atoms with Crippen molar-refractivity contribution in [1.29, 1.82) is 0 Å². The summed E-state index contributed by atoms with van der Waals surface area (Å²) in [5.74, 6) is 0.612. The number of halogens is 1. The molecule has 5 rings (SSSR count). The Bertz CT molecular complexity index is 1290. The van der Waals surface area contributed by atoms with Gasteiger partial charge in [0, 0.05) is 23.2 Å². The van der Waals surface area contributed by atoms with Crippen LogP contribution in [0.15, 0.2) is 66.9 Å². The Labute approximate surface area is 205 Å². The first-order chi connectivity index (χ1) is 17.1. The minimum Gasteiger partial charge on any atom is -0.348 e.